The zero-order chi connectivity index (χ0) is 29.7. The van der Waals surface area contributed by atoms with Crippen molar-refractivity contribution in [3.05, 3.63) is 146 Å². The lowest BCUT2D eigenvalue weighted by Crippen LogP contribution is -2.00. The van der Waals surface area contributed by atoms with Crippen LogP contribution in [0.25, 0.3) is 89.0 Å². The molecule has 7 aromatic carbocycles. The molecule has 0 spiro atoms. The smallest absolute Gasteiger partial charge is 0.227 e. The zero-order valence-corrected chi connectivity index (χ0v) is 24.1. The Bertz CT molecular complexity index is 2480. The standard InChI is InChI=1S/C40H24N4O/c1-3-11-26(12-4-1)37-42-38(27-13-5-2-6-14-27)44-39(43-37)29-20-19-25-21-22-35-36(33(25)24-29)41-40(45-35)34-23-28-15-7-8-16-30(28)31-17-9-10-18-32(31)34/h1-24H. The molecule has 0 atom stereocenters. The summed E-state index contributed by atoms with van der Waals surface area (Å²) in [5, 5.41) is 6.70. The van der Waals surface area contributed by atoms with Crippen LogP contribution in [0.1, 0.15) is 0 Å². The lowest BCUT2D eigenvalue weighted by Gasteiger charge is -2.09. The summed E-state index contributed by atoms with van der Waals surface area (Å²) in [5.41, 5.74) is 5.27. The number of oxazole rings is 1. The van der Waals surface area contributed by atoms with E-state index in [1.54, 1.807) is 0 Å². The third kappa shape index (κ3) is 4.33. The van der Waals surface area contributed by atoms with E-state index in [0.717, 1.165) is 54.9 Å². The second kappa shape index (κ2) is 10.2. The molecule has 0 saturated heterocycles. The van der Waals surface area contributed by atoms with E-state index in [0.29, 0.717) is 23.4 Å². The van der Waals surface area contributed by atoms with E-state index < -0.39 is 0 Å². The Hall–Kier alpha value is -6.20. The minimum atomic E-state index is 0.600. The maximum atomic E-state index is 6.47. The Labute approximate surface area is 258 Å². The third-order valence-electron chi connectivity index (χ3n) is 8.33. The van der Waals surface area contributed by atoms with Crippen molar-refractivity contribution in [3.8, 4) is 45.6 Å². The number of aromatic nitrogens is 4. The molecule has 0 saturated carbocycles. The molecule has 9 aromatic rings. The first-order valence-electron chi connectivity index (χ1n) is 14.9. The van der Waals surface area contributed by atoms with Crippen LogP contribution in [-0.4, -0.2) is 19.9 Å². The molecule has 0 amide bonds. The number of hydrogen-bond acceptors (Lipinski definition) is 5. The van der Waals surface area contributed by atoms with Gasteiger partial charge in [0, 0.05) is 27.6 Å². The minimum Gasteiger partial charge on any atom is -0.436 e. The molecule has 210 valence electrons. The van der Waals surface area contributed by atoms with Gasteiger partial charge in [-0.1, -0.05) is 127 Å². The van der Waals surface area contributed by atoms with Gasteiger partial charge in [-0.2, -0.15) is 0 Å². The molecule has 0 aliphatic carbocycles. The number of benzene rings is 7. The maximum Gasteiger partial charge on any atom is 0.227 e. The first kappa shape index (κ1) is 25.3. The fourth-order valence-corrected chi connectivity index (χ4v) is 6.13. The van der Waals surface area contributed by atoms with Gasteiger partial charge in [-0.25, -0.2) is 19.9 Å². The maximum absolute atomic E-state index is 6.47. The van der Waals surface area contributed by atoms with Gasteiger partial charge < -0.3 is 4.42 Å². The van der Waals surface area contributed by atoms with E-state index in [2.05, 4.69) is 78.9 Å². The van der Waals surface area contributed by atoms with Gasteiger partial charge in [0.15, 0.2) is 23.1 Å². The predicted molar refractivity (Wildman–Crippen MR) is 182 cm³/mol. The van der Waals surface area contributed by atoms with E-state index in [1.165, 1.54) is 10.8 Å². The molecule has 0 bridgehead atoms. The van der Waals surface area contributed by atoms with Gasteiger partial charge >= 0.3 is 0 Å². The van der Waals surface area contributed by atoms with Gasteiger partial charge in [0.2, 0.25) is 5.89 Å². The summed E-state index contributed by atoms with van der Waals surface area (Å²) in [6.45, 7) is 0. The van der Waals surface area contributed by atoms with Crippen molar-refractivity contribution in [1.29, 1.82) is 0 Å². The highest BCUT2D eigenvalue weighted by molar-refractivity contribution is 6.14. The normalized spacial score (nSPS) is 11.6. The van der Waals surface area contributed by atoms with Crippen molar-refractivity contribution in [3.63, 3.8) is 0 Å². The Morgan fingerprint density at radius 2 is 0.956 bits per heavy atom. The van der Waals surface area contributed by atoms with Crippen LogP contribution < -0.4 is 0 Å². The summed E-state index contributed by atoms with van der Waals surface area (Å²) in [6.07, 6.45) is 0. The fraction of sp³-hybridized carbons (Fsp3) is 0. The number of hydrogen-bond donors (Lipinski definition) is 0. The lowest BCUT2D eigenvalue weighted by molar-refractivity contribution is 0.621. The van der Waals surface area contributed by atoms with Crippen molar-refractivity contribution in [2.24, 2.45) is 0 Å². The van der Waals surface area contributed by atoms with Crippen LogP contribution >= 0.6 is 0 Å². The number of rotatable bonds is 4. The van der Waals surface area contributed by atoms with Crippen LogP contribution in [0.2, 0.25) is 0 Å². The van der Waals surface area contributed by atoms with Crippen molar-refractivity contribution in [1.82, 2.24) is 19.9 Å². The van der Waals surface area contributed by atoms with Crippen molar-refractivity contribution >= 4 is 43.4 Å². The number of fused-ring (bicyclic) bond motifs is 6. The molecule has 0 fully saturated rings. The highest BCUT2D eigenvalue weighted by Crippen LogP contribution is 2.38. The molecule has 0 aliphatic rings. The first-order chi connectivity index (χ1) is 22.3. The third-order valence-corrected chi connectivity index (χ3v) is 8.33. The van der Waals surface area contributed by atoms with Crippen LogP contribution in [0.15, 0.2) is 150 Å². The molecule has 9 rings (SSSR count). The Morgan fingerprint density at radius 3 is 1.67 bits per heavy atom. The first-order valence-corrected chi connectivity index (χ1v) is 14.9. The quantitative estimate of drug-likeness (QED) is 0.195. The summed E-state index contributed by atoms with van der Waals surface area (Å²) in [6, 6.07) is 49.4. The summed E-state index contributed by atoms with van der Waals surface area (Å²) >= 11 is 0. The van der Waals surface area contributed by atoms with E-state index in [9.17, 15) is 0 Å². The molecule has 5 nitrogen and oxygen atoms in total. The van der Waals surface area contributed by atoms with E-state index in [-0.39, 0.29) is 0 Å². The van der Waals surface area contributed by atoms with Gasteiger partial charge in [-0.15, -0.1) is 0 Å². The molecule has 0 aliphatic heterocycles. The van der Waals surface area contributed by atoms with Crippen LogP contribution in [-0.2, 0) is 0 Å². The van der Waals surface area contributed by atoms with Gasteiger partial charge in [-0.3, -0.25) is 0 Å². The topological polar surface area (TPSA) is 64.7 Å². The summed E-state index contributed by atoms with van der Waals surface area (Å²) < 4.78 is 6.47. The van der Waals surface area contributed by atoms with Gasteiger partial charge in [0.1, 0.15) is 5.52 Å². The predicted octanol–water partition coefficient (Wildman–Crippen LogP) is 10.1. The summed E-state index contributed by atoms with van der Waals surface area (Å²) in [5.74, 6) is 2.46. The molecule has 2 aromatic heterocycles. The molecule has 5 heteroatoms. The number of nitrogens with zero attached hydrogens (tertiary/aromatic N) is 4. The highest BCUT2D eigenvalue weighted by atomic mass is 16.3. The minimum absolute atomic E-state index is 0.600. The van der Waals surface area contributed by atoms with Gasteiger partial charge in [-0.05, 0) is 45.1 Å². The molecule has 45 heavy (non-hydrogen) atoms. The van der Waals surface area contributed by atoms with Crippen LogP contribution in [0, 0.1) is 0 Å². The molecule has 0 radical (unpaired) electrons. The van der Waals surface area contributed by atoms with Crippen molar-refractivity contribution < 1.29 is 4.42 Å². The summed E-state index contributed by atoms with van der Waals surface area (Å²) in [7, 11) is 0. The van der Waals surface area contributed by atoms with Gasteiger partial charge in [0.25, 0.3) is 0 Å². The Kier molecular flexibility index (Phi) is 5.74. The average Bonchev–Trinajstić information content (AvgIpc) is 3.57. The van der Waals surface area contributed by atoms with E-state index in [1.807, 2.05) is 66.7 Å². The summed E-state index contributed by atoms with van der Waals surface area (Å²) in [4.78, 5) is 19.8. The highest BCUT2D eigenvalue weighted by Gasteiger charge is 2.17. The van der Waals surface area contributed by atoms with Gasteiger partial charge in [0.05, 0.1) is 0 Å². The molecule has 0 N–H and O–H groups in total. The zero-order valence-electron chi connectivity index (χ0n) is 24.1. The SMILES string of the molecule is c1ccc(-c2nc(-c3ccccc3)nc(-c3ccc4ccc5oc(-c6cc7ccccc7c7ccccc67)nc5c4c3)n2)cc1. The van der Waals surface area contributed by atoms with Crippen LogP contribution in [0.5, 0.6) is 0 Å². The second-order valence-electron chi connectivity index (χ2n) is 11.1. The molecule has 0 unspecified atom stereocenters. The Morgan fingerprint density at radius 1 is 0.378 bits per heavy atom. The van der Waals surface area contributed by atoms with Crippen LogP contribution in [0.4, 0.5) is 0 Å². The molecule has 2 heterocycles. The second-order valence-corrected chi connectivity index (χ2v) is 11.1. The van der Waals surface area contributed by atoms with Crippen LogP contribution in [0.3, 0.4) is 0 Å². The van der Waals surface area contributed by atoms with Crippen molar-refractivity contribution in [2.45, 2.75) is 0 Å². The average molecular weight is 577 g/mol. The fourth-order valence-electron chi connectivity index (χ4n) is 6.13. The van der Waals surface area contributed by atoms with E-state index in [4.69, 9.17) is 24.4 Å². The molecular formula is C40H24N4O. The largest absolute Gasteiger partial charge is 0.436 e. The lowest BCUT2D eigenvalue weighted by atomic mass is 9.97. The van der Waals surface area contributed by atoms with E-state index >= 15 is 0 Å². The molecular weight excluding hydrogens is 552 g/mol. The van der Waals surface area contributed by atoms with Crippen molar-refractivity contribution in [2.75, 3.05) is 0 Å². The monoisotopic (exact) mass is 576 g/mol. The Balaban J connectivity index is 1.24.